The number of halogens is 1. The smallest absolute Gasteiger partial charge is 0.296 e. The number of amides is 1. The average Bonchev–Trinajstić information content (AvgIpc) is 3.02. The van der Waals surface area contributed by atoms with Gasteiger partial charge in [0.15, 0.2) is 5.43 Å². The highest BCUT2D eigenvalue weighted by molar-refractivity contribution is 9.10. The molecule has 5 rings (SSSR count). The monoisotopic (exact) mass is 446 g/mol. The van der Waals surface area contributed by atoms with Crippen LogP contribution >= 0.6 is 15.9 Å². The maximum Gasteiger partial charge on any atom is 0.296 e. The van der Waals surface area contributed by atoms with Crippen molar-refractivity contribution in [3.05, 3.63) is 104 Å². The third kappa shape index (κ3) is 2.79. The summed E-state index contributed by atoms with van der Waals surface area (Å²) in [4.78, 5) is 32.7. The van der Waals surface area contributed by atoms with Gasteiger partial charge < -0.3 is 4.42 Å². The van der Waals surface area contributed by atoms with E-state index in [9.17, 15) is 9.59 Å². The number of hydrogen-bond donors (Lipinski definition) is 0. The molecule has 0 saturated heterocycles. The van der Waals surface area contributed by atoms with Gasteiger partial charge in [-0.05, 0) is 48.9 Å². The van der Waals surface area contributed by atoms with E-state index < -0.39 is 6.04 Å². The van der Waals surface area contributed by atoms with Gasteiger partial charge in [-0.2, -0.15) is 0 Å². The summed E-state index contributed by atoms with van der Waals surface area (Å²) in [7, 11) is 0. The summed E-state index contributed by atoms with van der Waals surface area (Å²) in [6.07, 6.45) is 1.62. The summed E-state index contributed by atoms with van der Waals surface area (Å²) < 4.78 is 6.81. The first-order valence-corrected chi connectivity index (χ1v) is 9.91. The number of nitrogens with zero attached hydrogens (tertiary/aromatic N) is 2. The minimum Gasteiger partial charge on any atom is -0.450 e. The molecule has 0 unspecified atom stereocenters. The van der Waals surface area contributed by atoms with Crippen molar-refractivity contribution in [2.75, 3.05) is 4.90 Å². The number of rotatable bonds is 2. The van der Waals surface area contributed by atoms with Gasteiger partial charge in [-0.15, -0.1) is 0 Å². The molecule has 1 aliphatic heterocycles. The Morgan fingerprint density at radius 3 is 2.66 bits per heavy atom. The number of benzene rings is 2. The molecule has 0 aliphatic carbocycles. The van der Waals surface area contributed by atoms with Gasteiger partial charge >= 0.3 is 0 Å². The lowest BCUT2D eigenvalue weighted by atomic mass is 9.98. The molecule has 0 fully saturated rings. The molecule has 0 bridgehead atoms. The molecule has 3 heterocycles. The number of aryl methyl sites for hydroxylation is 1. The molecule has 29 heavy (non-hydrogen) atoms. The molecular formula is C23H15BrN2O3. The zero-order valence-electron chi connectivity index (χ0n) is 15.4. The molecule has 0 N–H and O–H groups in total. The summed E-state index contributed by atoms with van der Waals surface area (Å²) in [5.74, 6) is 0.166. The SMILES string of the molecule is Cc1ccc2oc3c(c(=O)c2c1)[C@H](c1cccc(Br)c1)N(c1ccccn1)C3=O. The molecule has 6 heteroatoms. The Bertz CT molecular complexity index is 1330. The first kappa shape index (κ1) is 17.8. The largest absolute Gasteiger partial charge is 0.450 e. The maximum absolute atomic E-state index is 13.5. The predicted octanol–water partition coefficient (Wildman–Crippen LogP) is 5.01. The number of pyridine rings is 1. The highest BCUT2D eigenvalue weighted by atomic mass is 79.9. The van der Waals surface area contributed by atoms with Gasteiger partial charge in [0, 0.05) is 10.7 Å². The van der Waals surface area contributed by atoms with Crippen LogP contribution in [0.1, 0.15) is 33.3 Å². The maximum atomic E-state index is 13.5. The second-order valence-corrected chi connectivity index (χ2v) is 7.91. The lowest BCUT2D eigenvalue weighted by Crippen LogP contribution is -2.30. The third-order valence-electron chi connectivity index (χ3n) is 5.09. The van der Waals surface area contributed by atoms with Crippen LogP contribution in [-0.2, 0) is 0 Å². The molecule has 0 radical (unpaired) electrons. The minimum atomic E-state index is -0.619. The quantitative estimate of drug-likeness (QED) is 0.434. The molecule has 4 aromatic rings. The van der Waals surface area contributed by atoms with Crippen molar-refractivity contribution < 1.29 is 9.21 Å². The summed E-state index contributed by atoms with van der Waals surface area (Å²) in [6.45, 7) is 1.92. The van der Waals surface area contributed by atoms with Gasteiger partial charge in [-0.1, -0.05) is 45.8 Å². The standard InChI is InChI=1S/C23H15BrN2O3/c1-13-8-9-17-16(11-13)21(27)19-20(14-5-4-6-15(24)12-14)26(23(28)22(19)29-17)18-7-2-3-10-25-18/h2-12,20H,1H3/t20-/m0/s1. The van der Waals surface area contributed by atoms with Gasteiger partial charge in [-0.3, -0.25) is 14.5 Å². The summed E-state index contributed by atoms with van der Waals surface area (Å²) in [5.41, 5.74) is 2.31. The van der Waals surface area contributed by atoms with E-state index in [1.165, 1.54) is 4.90 Å². The highest BCUT2D eigenvalue weighted by Crippen LogP contribution is 2.40. The van der Waals surface area contributed by atoms with E-state index in [0.717, 1.165) is 15.6 Å². The fourth-order valence-electron chi connectivity index (χ4n) is 3.81. The molecule has 0 spiro atoms. The van der Waals surface area contributed by atoms with E-state index in [0.29, 0.717) is 22.4 Å². The molecular weight excluding hydrogens is 432 g/mol. The highest BCUT2D eigenvalue weighted by Gasteiger charge is 2.44. The Morgan fingerprint density at radius 1 is 1.03 bits per heavy atom. The minimum absolute atomic E-state index is 0.0713. The van der Waals surface area contributed by atoms with Crippen LogP contribution in [0.5, 0.6) is 0 Å². The Kier molecular flexibility index (Phi) is 4.10. The van der Waals surface area contributed by atoms with Crippen LogP contribution in [0.2, 0.25) is 0 Å². The van der Waals surface area contributed by atoms with Crippen LogP contribution in [0, 0.1) is 6.92 Å². The Labute approximate surface area is 174 Å². The van der Waals surface area contributed by atoms with Crippen LogP contribution in [-0.4, -0.2) is 10.9 Å². The van der Waals surface area contributed by atoms with Gasteiger partial charge in [0.1, 0.15) is 11.4 Å². The number of fused-ring (bicyclic) bond motifs is 2. The lowest BCUT2D eigenvalue weighted by molar-refractivity contribution is 0.0970. The van der Waals surface area contributed by atoms with Crippen molar-refractivity contribution in [2.45, 2.75) is 13.0 Å². The van der Waals surface area contributed by atoms with Crippen molar-refractivity contribution in [1.29, 1.82) is 0 Å². The number of aromatic nitrogens is 1. The number of anilines is 1. The van der Waals surface area contributed by atoms with Crippen LogP contribution in [0.4, 0.5) is 5.82 Å². The first-order chi connectivity index (χ1) is 14.0. The zero-order chi connectivity index (χ0) is 20.1. The van der Waals surface area contributed by atoms with Gasteiger partial charge in [0.2, 0.25) is 5.76 Å². The van der Waals surface area contributed by atoms with Crippen LogP contribution in [0.3, 0.4) is 0 Å². The molecule has 1 aliphatic rings. The molecule has 2 aromatic carbocycles. The van der Waals surface area contributed by atoms with Gasteiger partial charge in [0.25, 0.3) is 5.91 Å². The van der Waals surface area contributed by atoms with E-state index in [4.69, 9.17) is 4.42 Å². The van der Waals surface area contributed by atoms with Crippen molar-refractivity contribution in [2.24, 2.45) is 0 Å². The van der Waals surface area contributed by atoms with Crippen LogP contribution < -0.4 is 10.3 Å². The summed E-state index contributed by atoms with van der Waals surface area (Å²) in [5, 5.41) is 0.472. The summed E-state index contributed by atoms with van der Waals surface area (Å²) in [6, 6.07) is 17.7. The predicted molar refractivity (Wildman–Crippen MR) is 114 cm³/mol. The van der Waals surface area contributed by atoms with E-state index >= 15 is 0 Å². The molecule has 2 aromatic heterocycles. The lowest BCUT2D eigenvalue weighted by Gasteiger charge is -2.24. The summed E-state index contributed by atoms with van der Waals surface area (Å²) >= 11 is 3.49. The van der Waals surface area contributed by atoms with Gasteiger partial charge in [0.05, 0.1) is 17.0 Å². The van der Waals surface area contributed by atoms with Crippen LogP contribution in [0.25, 0.3) is 11.0 Å². The second-order valence-electron chi connectivity index (χ2n) is 6.99. The van der Waals surface area contributed by atoms with Crippen LogP contribution in [0.15, 0.2) is 80.5 Å². The Morgan fingerprint density at radius 2 is 1.90 bits per heavy atom. The fourth-order valence-corrected chi connectivity index (χ4v) is 4.23. The molecule has 142 valence electrons. The normalized spacial score (nSPS) is 15.7. The zero-order valence-corrected chi connectivity index (χ0v) is 17.0. The van der Waals surface area contributed by atoms with E-state index in [1.807, 2.05) is 43.3 Å². The molecule has 0 saturated carbocycles. The number of carbonyl (C=O) groups is 1. The third-order valence-corrected chi connectivity index (χ3v) is 5.58. The van der Waals surface area contributed by atoms with E-state index in [1.54, 1.807) is 30.5 Å². The number of carbonyl (C=O) groups excluding carboxylic acids is 1. The fraction of sp³-hybridized carbons (Fsp3) is 0.0870. The second kappa shape index (κ2) is 6.67. The number of hydrogen-bond acceptors (Lipinski definition) is 4. The molecule has 1 atom stereocenters. The van der Waals surface area contributed by atoms with Crippen molar-refractivity contribution in [3.63, 3.8) is 0 Å². The average molecular weight is 447 g/mol. The van der Waals surface area contributed by atoms with E-state index in [-0.39, 0.29) is 17.1 Å². The van der Waals surface area contributed by atoms with Crippen molar-refractivity contribution >= 4 is 38.6 Å². The molecule has 5 nitrogen and oxygen atoms in total. The van der Waals surface area contributed by atoms with Gasteiger partial charge in [-0.25, -0.2) is 4.98 Å². The first-order valence-electron chi connectivity index (χ1n) is 9.12. The molecule has 1 amide bonds. The Balaban J connectivity index is 1.84. The Hall–Kier alpha value is -3.25. The van der Waals surface area contributed by atoms with Crippen molar-refractivity contribution in [3.8, 4) is 0 Å². The van der Waals surface area contributed by atoms with Crippen molar-refractivity contribution in [1.82, 2.24) is 4.98 Å². The van der Waals surface area contributed by atoms with E-state index in [2.05, 4.69) is 20.9 Å². The topological polar surface area (TPSA) is 63.4 Å².